The Morgan fingerprint density at radius 1 is 1.26 bits per heavy atom. The van der Waals surface area contributed by atoms with Crippen LogP contribution in [-0.2, 0) is 4.74 Å². The van der Waals surface area contributed by atoms with Crippen LogP contribution in [0.15, 0.2) is 42.5 Å². The van der Waals surface area contributed by atoms with Gasteiger partial charge in [0.15, 0.2) is 0 Å². The maximum atomic E-state index is 5.98. The van der Waals surface area contributed by atoms with Crippen LogP contribution >= 0.6 is 0 Å². The zero-order valence-electron chi connectivity index (χ0n) is 12.5. The summed E-state index contributed by atoms with van der Waals surface area (Å²) in [5, 5.41) is 3.56. The number of hydrogen-bond donors (Lipinski definition) is 1. The minimum Gasteiger partial charge on any atom is -0.372 e. The lowest BCUT2D eigenvalue weighted by atomic mass is 9.96. The van der Waals surface area contributed by atoms with Crippen molar-refractivity contribution < 1.29 is 4.74 Å². The van der Waals surface area contributed by atoms with E-state index in [0.29, 0.717) is 6.04 Å². The van der Waals surface area contributed by atoms with Crippen LogP contribution in [-0.4, -0.2) is 19.2 Å². The van der Waals surface area contributed by atoms with Crippen LogP contribution < -0.4 is 5.32 Å². The van der Waals surface area contributed by atoms with Gasteiger partial charge in [0.2, 0.25) is 0 Å². The van der Waals surface area contributed by atoms with Gasteiger partial charge in [0.25, 0.3) is 0 Å². The molecule has 1 aromatic carbocycles. The van der Waals surface area contributed by atoms with Crippen molar-refractivity contribution in [2.75, 3.05) is 13.2 Å². The van der Waals surface area contributed by atoms with E-state index in [9.17, 15) is 0 Å². The highest BCUT2D eigenvalue weighted by atomic mass is 16.5. The monoisotopic (exact) mass is 261 g/mol. The fourth-order valence-corrected chi connectivity index (χ4v) is 2.29. The van der Waals surface area contributed by atoms with E-state index in [4.69, 9.17) is 4.74 Å². The topological polar surface area (TPSA) is 21.3 Å². The van der Waals surface area contributed by atoms with Gasteiger partial charge in [0.05, 0.1) is 6.10 Å². The summed E-state index contributed by atoms with van der Waals surface area (Å²) in [7, 11) is 0. The van der Waals surface area contributed by atoms with Gasteiger partial charge in [0, 0.05) is 12.6 Å². The van der Waals surface area contributed by atoms with Crippen molar-refractivity contribution in [2.45, 2.75) is 45.8 Å². The molecule has 0 bridgehead atoms. The van der Waals surface area contributed by atoms with Gasteiger partial charge in [-0.15, -0.1) is 6.58 Å². The first-order valence-electron chi connectivity index (χ1n) is 7.23. The molecule has 106 valence electrons. The fourth-order valence-electron chi connectivity index (χ4n) is 2.29. The molecule has 1 N–H and O–H groups in total. The molecule has 0 amide bonds. The predicted molar refractivity (Wildman–Crippen MR) is 82.3 cm³/mol. The molecular weight excluding hydrogens is 234 g/mol. The van der Waals surface area contributed by atoms with Gasteiger partial charge in [-0.2, -0.15) is 0 Å². The van der Waals surface area contributed by atoms with Crippen molar-refractivity contribution >= 4 is 0 Å². The molecule has 0 fully saturated rings. The number of likely N-dealkylation sites (N-methyl/N-ethyl adjacent to an activating group) is 1. The molecule has 0 aliphatic carbocycles. The first-order chi connectivity index (χ1) is 9.19. The summed E-state index contributed by atoms with van der Waals surface area (Å²) in [6, 6.07) is 10.8. The Morgan fingerprint density at radius 2 is 1.95 bits per heavy atom. The number of rotatable bonds is 9. The molecule has 0 spiro atoms. The predicted octanol–water partition coefficient (Wildman–Crippen LogP) is 4.10. The lowest BCUT2D eigenvalue weighted by Crippen LogP contribution is -2.36. The average Bonchev–Trinajstić information content (AvgIpc) is 2.42. The Bertz CT molecular complexity index is 361. The van der Waals surface area contributed by atoms with Crippen LogP contribution in [0.1, 0.15) is 45.3 Å². The van der Waals surface area contributed by atoms with Crippen LogP contribution in [0, 0.1) is 0 Å². The van der Waals surface area contributed by atoms with Crippen molar-refractivity contribution in [3.8, 4) is 0 Å². The highest BCUT2D eigenvalue weighted by molar-refractivity contribution is 5.19. The minimum atomic E-state index is 0.116. The molecule has 19 heavy (non-hydrogen) atoms. The number of hydrogen-bond acceptors (Lipinski definition) is 2. The molecule has 0 aromatic heterocycles. The molecule has 0 aliphatic heterocycles. The van der Waals surface area contributed by atoms with Gasteiger partial charge in [-0.05, 0) is 38.8 Å². The molecule has 2 unspecified atom stereocenters. The van der Waals surface area contributed by atoms with Crippen molar-refractivity contribution in [2.24, 2.45) is 0 Å². The Hall–Kier alpha value is -1.12. The fraction of sp³-hybridized carbons (Fsp3) is 0.529. The number of allylic oxidation sites excluding steroid dienone is 1. The largest absolute Gasteiger partial charge is 0.372 e. The molecule has 2 nitrogen and oxygen atoms in total. The molecule has 0 saturated carbocycles. The standard InChI is InChI=1S/C17H27NO/c1-5-18-16(13-12-14(3)4)17(19-6-2)15-10-8-7-9-11-15/h7-11,16-18H,3,5-6,12-13H2,1-2,4H3. The Kier molecular flexibility index (Phi) is 7.46. The van der Waals surface area contributed by atoms with Gasteiger partial charge in [-0.1, -0.05) is 42.8 Å². The van der Waals surface area contributed by atoms with Crippen molar-refractivity contribution in [3.05, 3.63) is 48.0 Å². The maximum Gasteiger partial charge on any atom is 0.0977 e. The summed E-state index contributed by atoms with van der Waals surface area (Å²) in [4.78, 5) is 0. The first kappa shape index (κ1) is 15.9. The van der Waals surface area contributed by atoms with Crippen LogP contribution in [0.2, 0.25) is 0 Å². The molecule has 0 radical (unpaired) electrons. The number of ether oxygens (including phenoxy) is 1. The Balaban J connectivity index is 2.82. The van der Waals surface area contributed by atoms with E-state index < -0.39 is 0 Å². The molecule has 2 atom stereocenters. The summed E-state index contributed by atoms with van der Waals surface area (Å²) in [5.41, 5.74) is 2.48. The van der Waals surface area contributed by atoms with Crippen molar-refractivity contribution in [1.82, 2.24) is 5.32 Å². The number of benzene rings is 1. The number of nitrogens with one attached hydrogen (secondary N) is 1. The zero-order chi connectivity index (χ0) is 14.1. The van der Waals surface area contributed by atoms with Crippen LogP contribution in [0.4, 0.5) is 0 Å². The van der Waals surface area contributed by atoms with Gasteiger partial charge in [-0.3, -0.25) is 0 Å². The maximum absolute atomic E-state index is 5.98. The highest BCUT2D eigenvalue weighted by Crippen LogP contribution is 2.25. The third-order valence-corrected chi connectivity index (χ3v) is 3.19. The van der Waals surface area contributed by atoms with Crippen LogP contribution in [0.5, 0.6) is 0 Å². The molecule has 0 saturated heterocycles. The minimum absolute atomic E-state index is 0.116. The smallest absolute Gasteiger partial charge is 0.0977 e. The lowest BCUT2D eigenvalue weighted by molar-refractivity contribution is 0.0314. The van der Waals surface area contributed by atoms with E-state index in [1.165, 1.54) is 11.1 Å². The zero-order valence-corrected chi connectivity index (χ0v) is 12.5. The molecule has 0 aliphatic rings. The van der Waals surface area contributed by atoms with E-state index in [-0.39, 0.29) is 6.10 Å². The molecule has 1 aromatic rings. The van der Waals surface area contributed by atoms with Gasteiger partial charge in [0.1, 0.15) is 0 Å². The van der Waals surface area contributed by atoms with E-state index >= 15 is 0 Å². The van der Waals surface area contributed by atoms with Crippen LogP contribution in [0.3, 0.4) is 0 Å². The van der Waals surface area contributed by atoms with Crippen molar-refractivity contribution in [3.63, 3.8) is 0 Å². The van der Waals surface area contributed by atoms with E-state index in [1.807, 2.05) is 6.07 Å². The second kappa shape index (κ2) is 8.89. The van der Waals surface area contributed by atoms with E-state index in [1.54, 1.807) is 0 Å². The van der Waals surface area contributed by atoms with Gasteiger partial charge >= 0.3 is 0 Å². The molecule has 1 rings (SSSR count). The Labute approximate surface area is 117 Å². The van der Waals surface area contributed by atoms with Crippen LogP contribution in [0.25, 0.3) is 0 Å². The summed E-state index contributed by atoms with van der Waals surface area (Å²) in [6.45, 7) is 12.0. The molecule has 2 heteroatoms. The van der Waals surface area contributed by atoms with E-state index in [2.05, 4.69) is 56.9 Å². The summed E-state index contributed by atoms with van der Waals surface area (Å²) in [5.74, 6) is 0. The first-order valence-corrected chi connectivity index (χ1v) is 7.23. The summed E-state index contributed by atoms with van der Waals surface area (Å²) >= 11 is 0. The average molecular weight is 261 g/mol. The van der Waals surface area contributed by atoms with Crippen molar-refractivity contribution in [1.29, 1.82) is 0 Å². The van der Waals surface area contributed by atoms with E-state index in [0.717, 1.165) is 26.0 Å². The van der Waals surface area contributed by atoms with Gasteiger partial charge < -0.3 is 10.1 Å². The second-order valence-electron chi connectivity index (χ2n) is 4.95. The second-order valence-corrected chi connectivity index (χ2v) is 4.95. The SMILES string of the molecule is C=C(C)CCC(NCC)C(OCC)c1ccccc1. The Morgan fingerprint density at radius 3 is 2.47 bits per heavy atom. The summed E-state index contributed by atoms with van der Waals surface area (Å²) < 4.78 is 5.98. The van der Waals surface area contributed by atoms with Gasteiger partial charge in [-0.25, -0.2) is 0 Å². The lowest BCUT2D eigenvalue weighted by Gasteiger charge is -2.28. The third kappa shape index (κ3) is 5.58. The molecular formula is C17H27NO. The summed E-state index contributed by atoms with van der Waals surface area (Å²) in [6.07, 6.45) is 2.21. The quantitative estimate of drug-likeness (QED) is 0.676. The third-order valence-electron chi connectivity index (χ3n) is 3.19. The normalized spacial score (nSPS) is 14.1. The molecule has 0 heterocycles. The highest BCUT2D eigenvalue weighted by Gasteiger charge is 2.22.